The van der Waals surface area contributed by atoms with Crippen LogP contribution in [0.5, 0.6) is 5.75 Å². The van der Waals surface area contributed by atoms with Crippen LogP contribution in [0.1, 0.15) is 23.2 Å². The Kier molecular flexibility index (Phi) is 5.31. The number of halogens is 3. The summed E-state index contributed by atoms with van der Waals surface area (Å²) in [5, 5.41) is 6.00. The lowest BCUT2D eigenvalue weighted by molar-refractivity contribution is 0.146. The fraction of sp³-hybridized carbons (Fsp3) is 0.120. The number of hydrogen-bond acceptors (Lipinski definition) is 6. The van der Waals surface area contributed by atoms with Crippen LogP contribution in [0.3, 0.4) is 0 Å². The standard InChI is InChI=1S/C25H16ClF2N5OS/c1-13-10-18(22(27)28)30-25-19(13)20-21(35-25)24-31-23(32-33(24)12-29-20)15-4-2-14(3-5-15)11-34-17-8-6-16(26)7-9-17/h2-10,12,22H,11H2,1H3. The van der Waals surface area contributed by atoms with Crippen LogP contribution in [0.4, 0.5) is 8.78 Å². The Morgan fingerprint density at radius 1 is 1.06 bits per heavy atom. The van der Waals surface area contributed by atoms with Gasteiger partial charge in [-0.2, -0.15) is 0 Å². The van der Waals surface area contributed by atoms with Gasteiger partial charge in [0.25, 0.3) is 6.43 Å². The fourth-order valence-electron chi connectivity index (χ4n) is 3.92. The highest BCUT2D eigenvalue weighted by molar-refractivity contribution is 7.26. The van der Waals surface area contributed by atoms with Gasteiger partial charge in [0.05, 0.1) is 5.52 Å². The summed E-state index contributed by atoms with van der Waals surface area (Å²) in [4.78, 5) is 13.9. The van der Waals surface area contributed by atoms with Gasteiger partial charge in [0, 0.05) is 16.0 Å². The highest BCUT2D eigenvalue weighted by atomic mass is 35.5. The Morgan fingerprint density at radius 2 is 1.83 bits per heavy atom. The second kappa shape index (κ2) is 8.51. The third-order valence-corrected chi connectivity index (χ3v) is 6.96. The largest absolute Gasteiger partial charge is 0.489 e. The lowest BCUT2D eigenvalue weighted by atomic mass is 10.1. The van der Waals surface area contributed by atoms with Crippen molar-refractivity contribution in [1.29, 1.82) is 0 Å². The molecule has 0 saturated heterocycles. The summed E-state index contributed by atoms with van der Waals surface area (Å²) in [5.74, 6) is 1.28. The molecule has 2 aromatic carbocycles. The summed E-state index contributed by atoms with van der Waals surface area (Å²) in [6, 6.07) is 16.4. The van der Waals surface area contributed by atoms with Crippen molar-refractivity contribution in [2.75, 3.05) is 0 Å². The average molecular weight is 508 g/mol. The number of nitrogens with zero attached hydrogens (tertiary/aromatic N) is 5. The van der Waals surface area contributed by atoms with Gasteiger partial charge in [-0.15, -0.1) is 16.4 Å². The van der Waals surface area contributed by atoms with Crippen LogP contribution < -0.4 is 4.74 Å². The molecule has 0 fully saturated rings. The number of thiophene rings is 1. The van der Waals surface area contributed by atoms with Crippen molar-refractivity contribution in [1.82, 2.24) is 24.6 Å². The molecule has 0 aliphatic carbocycles. The molecule has 174 valence electrons. The molecule has 0 bridgehead atoms. The lowest BCUT2D eigenvalue weighted by Crippen LogP contribution is -1.95. The molecule has 0 saturated carbocycles. The quantitative estimate of drug-likeness (QED) is 0.250. The molecule has 10 heteroatoms. The number of aromatic nitrogens is 5. The molecule has 0 amide bonds. The Balaban J connectivity index is 1.33. The number of benzene rings is 2. The van der Waals surface area contributed by atoms with E-state index in [-0.39, 0.29) is 5.69 Å². The monoisotopic (exact) mass is 507 g/mol. The number of aryl methyl sites for hydroxylation is 1. The number of fused-ring (bicyclic) bond motifs is 5. The van der Waals surface area contributed by atoms with E-state index in [1.165, 1.54) is 17.4 Å². The van der Waals surface area contributed by atoms with Crippen molar-refractivity contribution in [2.24, 2.45) is 0 Å². The van der Waals surface area contributed by atoms with Crippen LogP contribution in [0, 0.1) is 6.92 Å². The van der Waals surface area contributed by atoms with E-state index in [2.05, 4.69) is 15.1 Å². The summed E-state index contributed by atoms with van der Waals surface area (Å²) in [7, 11) is 0. The van der Waals surface area contributed by atoms with E-state index in [1.807, 2.05) is 36.4 Å². The number of ether oxygens (including phenoxy) is 1. The topological polar surface area (TPSA) is 65.2 Å². The highest BCUT2D eigenvalue weighted by Crippen LogP contribution is 2.37. The van der Waals surface area contributed by atoms with E-state index in [9.17, 15) is 8.78 Å². The van der Waals surface area contributed by atoms with E-state index >= 15 is 0 Å². The molecule has 0 radical (unpaired) electrons. The highest BCUT2D eigenvalue weighted by Gasteiger charge is 2.19. The number of pyridine rings is 1. The number of rotatable bonds is 5. The third kappa shape index (κ3) is 3.96. The van der Waals surface area contributed by atoms with E-state index in [4.69, 9.17) is 21.3 Å². The number of hydrogen-bond donors (Lipinski definition) is 0. The molecule has 6 nitrogen and oxygen atoms in total. The van der Waals surface area contributed by atoms with Crippen LogP contribution in [-0.2, 0) is 6.61 Å². The average Bonchev–Trinajstić information content (AvgIpc) is 3.45. The minimum atomic E-state index is -2.63. The van der Waals surface area contributed by atoms with Crippen LogP contribution in [-0.4, -0.2) is 24.6 Å². The molecule has 6 aromatic rings. The minimum absolute atomic E-state index is 0.236. The second-order valence-electron chi connectivity index (χ2n) is 8.01. The maximum atomic E-state index is 13.2. The Bertz CT molecular complexity index is 1700. The van der Waals surface area contributed by atoms with E-state index in [1.54, 1.807) is 29.9 Å². The summed E-state index contributed by atoms with van der Waals surface area (Å²) in [6.45, 7) is 2.21. The van der Waals surface area contributed by atoms with Gasteiger partial charge in [-0.05, 0) is 48.4 Å². The fourth-order valence-corrected chi connectivity index (χ4v) is 5.23. The maximum absolute atomic E-state index is 13.2. The van der Waals surface area contributed by atoms with E-state index in [0.717, 1.165) is 27.0 Å². The summed E-state index contributed by atoms with van der Waals surface area (Å²) in [6.07, 6.45) is -1.04. The molecule has 4 heterocycles. The van der Waals surface area contributed by atoms with Crippen LogP contribution in [0.15, 0.2) is 60.9 Å². The van der Waals surface area contributed by atoms with Crippen LogP contribution >= 0.6 is 22.9 Å². The maximum Gasteiger partial charge on any atom is 0.280 e. The minimum Gasteiger partial charge on any atom is -0.489 e. The first-order chi connectivity index (χ1) is 17.0. The van der Waals surface area contributed by atoms with Gasteiger partial charge in [0.1, 0.15) is 33.9 Å². The third-order valence-electron chi connectivity index (χ3n) is 5.64. The lowest BCUT2D eigenvalue weighted by Gasteiger charge is -2.06. The Hall–Kier alpha value is -3.69. The van der Waals surface area contributed by atoms with Crippen molar-refractivity contribution in [3.8, 4) is 17.1 Å². The normalized spacial score (nSPS) is 11.8. The predicted octanol–water partition coefficient (Wildman–Crippen LogP) is 7.03. The Labute approximate surface area is 206 Å². The first kappa shape index (κ1) is 21.8. The molecule has 0 atom stereocenters. The van der Waals surface area contributed by atoms with Crippen molar-refractivity contribution in [3.05, 3.63) is 82.8 Å². The van der Waals surface area contributed by atoms with Gasteiger partial charge in [-0.3, -0.25) is 0 Å². The molecule has 0 N–H and O–H groups in total. The van der Waals surface area contributed by atoms with E-state index < -0.39 is 6.43 Å². The second-order valence-corrected chi connectivity index (χ2v) is 9.45. The smallest absolute Gasteiger partial charge is 0.280 e. The van der Waals surface area contributed by atoms with Crippen molar-refractivity contribution < 1.29 is 13.5 Å². The molecular weight excluding hydrogens is 492 g/mol. The number of alkyl halides is 2. The SMILES string of the molecule is Cc1cc(C(F)F)nc2sc3c(ncn4nc(-c5ccc(COc6ccc(Cl)cc6)cc5)nc34)c12. The molecule has 0 unspecified atom stereocenters. The summed E-state index contributed by atoms with van der Waals surface area (Å²) >= 11 is 7.21. The first-order valence-corrected chi connectivity index (χ1v) is 11.9. The van der Waals surface area contributed by atoms with Gasteiger partial charge in [-0.25, -0.2) is 28.2 Å². The van der Waals surface area contributed by atoms with Gasteiger partial charge in [0.2, 0.25) is 0 Å². The molecule has 4 aromatic heterocycles. The molecule has 0 aliphatic rings. The van der Waals surface area contributed by atoms with Crippen molar-refractivity contribution >= 4 is 49.0 Å². The van der Waals surface area contributed by atoms with Crippen LogP contribution in [0.2, 0.25) is 5.02 Å². The molecule has 6 rings (SSSR count). The zero-order valence-corrected chi connectivity index (χ0v) is 19.8. The van der Waals surface area contributed by atoms with Gasteiger partial charge in [0.15, 0.2) is 11.5 Å². The van der Waals surface area contributed by atoms with Gasteiger partial charge >= 0.3 is 0 Å². The predicted molar refractivity (Wildman–Crippen MR) is 132 cm³/mol. The van der Waals surface area contributed by atoms with E-state index in [0.29, 0.717) is 39.0 Å². The zero-order valence-electron chi connectivity index (χ0n) is 18.2. The van der Waals surface area contributed by atoms with Crippen molar-refractivity contribution in [3.63, 3.8) is 0 Å². The summed E-state index contributed by atoms with van der Waals surface area (Å²) in [5.41, 5.74) is 3.62. The zero-order chi connectivity index (χ0) is 24.1. The summed E-state index contributed by atoms with van der Waals surface area (Å²) < 4.78 is 34.6. The Morgan fingerprint density at radius 3 is 2.57 bits per heavy atom. The molecular formula is C25H16ClF2N5OS. The van der Waals surface area contributed by atoms with Gasteiger partial charge in [-0.1, -0.05) is 35.9 Å². The van der Waals surface area contributed by atoms with Crippen molar-refractivity contribution in [2.45, 2.75) is 20.0 Å². The molecule has 0 spiro atoms. The van der Waals surface area contributed by atoms with Gasteiger partial charge < -0.3 is 4.74 Å². The molecule has 35 heavy (non-hydrogen) atoms. The van der Waals surface area contributed by atoms with Crippen LogP contribution in [0.25, 0.3) is 37.5 Å². The molecule has 0 aliphatic heterocycles. The first-order valence-electron chi connectivity index (χ1n) is 10.7.